The molecule has 1 aromatic carbocycles. The van der Waals surface area contributed by atoms with E-state index in [4.69, 9.17) is 20.4 Å². The molecule has 15 heteroatoms. The zero-order valence-electron chi connectivity index (χ0n) is 32.7. The van der Waals surface area contributed by atoms with Crippen LogP contribution in [0.1, 0.15) is 128 Å². The predicted molar refractivity (Wildman–Crippen MR) is 215 cm³/mol. The number of sulfonamides is 1. The number of rotatable bonds is 8. The standard InChI is InChI=1S/C41H55N7O6S2/c1-25(2)48-32-18-12-16-29(36-43-31(24-55-36)26-13-8-7-9-14-26)34(32)44-39(48)54-28-21-33-35(49)45-41(38(51)46-56(52,53)40(3)19-20-40)22-27(41)15-10-5-4-6-11-17-30(42)37(50)47(33)23-28/h10,12,15-16,18,24-28,30,33H,4-9,11,13-14,17,19-23,42H2,1-3H3,(H,45,49)(H,46,51)/b15-10-/t27-,28-,30+,33+,41-/m1/s1. The molecule has 2 aliphatic heterocycles. The summed E-state index contributed by atoms with van der Waals surface area (Å²) < 4.78 is 36.3. The lowest BCUT2D eigenvalue weighted by molar-refractivity contribution is -0.140. The van der Waals surface area contributed by atoms with Crippen molar-refractivity contribution in [3.05, 3.63) is 41.4 Å². The lowest BCUT2D eigenvalue weighted by Crippen LogP contribution is -2.58. The molecule has 4 N–H and O–H groups in total. The van der Waals surface area contributed by atoms with Crippen molar-refractivity contribution in [3.63, 3.8) is 0 Å². The molecule has 0 radical (unpaired) electrons. The Kier molecular flexibility index (Phi) is 10.6. The molecule has 3 saturated carbocycles. The van der Waals surface area contributed by atoms with Gasteiger partial charge >= 0.3 is 0 Å². The van der Waals surface area contributed by atoms with Gasteiger partial charge in [-0.2, -0.15) is 4.98 Å². The quantitative estimate of drug-likeness (QED) is 0.235. The first-order valence-corrected chi connectivity index (χ1v) is 22.9. The van der Waals surface area contributed by atoms with E-state index >= 15 is 0 Å². The summed E-state index contributed by atoms with van der Waals surface area (Å²) in [6.45, 7) is 5.85. The SMILES string of the molecule is CC(C)n1c(O[C@@H]2C[C@H]3C(=O)N[C@]4(C(=O)NS(=O)(=O)C5(C)CC5)C[C@H]4/C=C\CCCCC[C@H](N)C(=O)N3C2)nc2c(-c3nc(C4CCCCC4)cs3)cccc21. The molecule has 5 atom stereocenters. The van der Waals surface area contributed by atoms with Crippen LogP contribution in [0.5, 0.6) is 6.01 Å². The molecule has 0 unspecified atom stereocenters. The molecular weight excluding hydrogens is 751 g/mol. The molecule has 3 aromatic rings. The van der Waals surface area contributed by atoms with Gasteiger partial charge in [-0.3, -0.25) is 23.7 Å². The largest absolute Gasteiger partial charge is 0.459 e. The summed E-state index contributed by atoms with van der Waals surface area (Å²) in [5.41, 5.74) is 8.82. The van der Waals surface area contributed by atoms with Crippen LogP contribution >= 0.6 is 11.3 Å². The van der Waals surface area contributed by atoms with E-state index in [1.807, 2.05) is 34.9 Å². The third-order valence-corrected chi connectivity index (χ3v) is 15.8. The lowest BCUT2D eigenvalue weighted by atomic mass is 9.87. The number of thiazole rings is 1. The summed E-state index contributed by atoms with van der Waals surface area (Å²) in [5, 5.41) is 6.05. The number of carbonyl (C=O) groups excluding carboxylic acids is 3. The minimum Gasteiger partial charge on any atom is -0.459 e. The third kappa shape index (κ3) is 7.39. The van der Waals surface area contributed by atoms with Crippen LogP contribution in [0, 0.1) is 5.92 Å². The van der Waals surface area contributed by atoms with Crippen LogP contribution < -0.4 is 20.5 Å². The highest BCUT2D eigenvalue weighted by Crippen LogP contribution is 2.48. The van der Waals surface area contributed by atoms with Crippen molar-refractivity contribution >= 4 is 50.1 Å². The number of benzene rings is 1. The van der Waals surface area contributed by atoms with E-state index in [1.54, 1.807) is 18.3 Å². The molecule has 302 valence electrons. The number of hydrogen-bond donors (Lipinski definition) is 3. The van der Waals surface area contributed by atoms with Crippen LogP contribution in [0.4, 0.5) is 0 Å². The fraction of sp³-hybridized carbons (Fsp3) is 0.634. The van der Waals surface area contributed by atoms with E-state index in [1.165, 1.54) is 37.0 Å². The van der Waals surface area contributed by atoms with Gasteiger partial charge in [0.1, 0.15) is 28.2 Å². The van der Waals surface area contributed by atoms with E-state index in [9.17, 15) is 22.8 Å². The maximum absolute atomic E-state index is 14.4. The van der Waals surface area contributed by atoms with Crippen LogP contribution in [0.2, 0.25) is 0 Å². The highest BCUT2D eigenvalue weighted by molar-refractivity contribution is 7.91. The number of hydrogen-bond acceptors (Lipinski definition) is 10. The average Bonchev–Trinajstić information content (AvgIpc) is 3.84. The molecule has 3 aliphatic carbocycles. The topological polar surface area (TPSA) is 179 Å². The number of carbonyl (C=O) groups is 3. The fourth-order valence-electron chi connectivity index (χ4n) is 8.84. The molecule has 8 rings (SSSR count). The minimum atomic E-state index is -3.94. The van der Waals surface area contributed by atoms with Crippen LogP contribution in [0.3, 0.4) is 0 Å². The Morgan fingerprint density at radius 2 is 1.82 bits per heavy atom. The van der Waals surface area contributed by atoms with Gasteiger partial charge in [0.05, 0.1) is 28.5 Å². The second-order valence-electron chi connectivity index (χ2n) is 17.3. The number of fused-ring (bicyclic) bond motifs is 3. The molecule has 2 aromatic heterocycles. The molecule has 5 aliphatic rings. The van der Waals surface area contributed by atoms with Gasteiger partial charge in [-0.1, -0.05) is 50.3 Å². The molecule has 4 fully saturated rings. The normalized spacial score (nSPS) is 29.2. The van der Waals surface area contributed by atoms with E-state index in [2.05, 4.69) is 29.3 Å². The van der Waals surface area contributed by atoms with Gasteiger partial charge in [-0.05, 0) is 84.3 Å². The summed E-state index contributed by atoms with van der Waals surface area (Å²) in [6, 6.07) is 4.67. The second kappa shape index (κ2) is 15.2. The Hall–Kier alpha value is -3.82. The molecule has 3 amide bonds. The summed E-state index contributed by atoms with van der Waals surface area (Å²) in [5.74, 6) is -1.52. The number of para-hydroxylation sites is 1. The van der Waals surface area contributed by atoms with Gasteiger partial charge in [0.2, 0.25) is 21.8 Å². The number of nitrogens with one attached hydrogen (secondary N) is 2. The lowest BCUT2D eigenvalue weighted by Gasteiger charge is -2.28. The van der Waals surface area contributed by atoms with Crippen LogP contribution in [-0.4, -0.2) is 80.6 Å². The van der Waals surface area contributed by atoms with Gasteiger partial charge in [-0.15, -0.1) is 11.3 Å². The van der Waals surface area contributed by atoms with Crippen molar-refractivity contribution in [2.75, 3.05) is 6.54 Å². The number of ether oxygens (including phenoxy) is 1. The molecule has 1 saturated heterocycles. The first-order valence-electron chi connectivity index (χ1n) is 20.6. The van der Waals surface area contributed by atoms with Gasteiger partial charge < -0.3 is 20.7 Å². The molecule has 0 spiro atoms. The number of nitrogens with two attached hydrogens (primary N) is 1. The van der Waals surface area contributed by atoms with Crippen molar-refractivity contribution < 1.29 is 27.5 Å². The predicted octanol–water partition coefficient (Wildman–Crippen LogP) is 5.86. The molecule has 4 heterocycles. The number of imidazole rings is 1. The van der Waals surface area contributed by atoms with Crippen LogP contribution in [-0.2, 0) is 24.4 Å². The van der Waals surface area contributed by atoms with Crippen molar-refractivity contribution in [3.8, 4) is 16.6 Å². The highest BCUT2D eigenvalue weighted by Gasteiger charge is 2.63. The summed E-state index contributed by atoms with van der Waals surface area (Å²) in [4.78, 5) is 53.9. The number of aromatic nitrogens is 3. The van der Waals surface area contributed by atoms with E-state index in [-0.39, 0.29) is 37.3 Å². The zero-order valence-corrected chi connectivity index (χ0v) is 34.3. The van der Waals surface area contributed by atoms with Crippen molar-refractivity contribution in [2.24, 2.45) is 11.7 Å². The maximum atomic E-state index is 14.4. The molecule has 0 bridgehead atoms. The van der Waals surface area contributed by atoms with E-state index in [0.717, 1.165) is 53.0 Å². The van der Waals surface area contributed by atoms with Gasteiger partial charge in [0, 0.05) is 35.2 Å². The van der Waals surface area contributed by atoms with Gasteiger partial charge in [-0.25, -0.2) is 13.4 Å². The van der Waals surface area contributed by atoms with Gasteiger partial charge in [0.15, 0.2) is 0 Å². The summed E-state index contributed by atoms with van der Waals surface area (Å²) in [6.07, 6.45) is 14.5. The Morgan fingerprint density at radius 3 is 2.57 bits per heavy atom. The van der Waals surface area contributed by atoms with Crippen molar-refractivity contribution in [1.29, 1.82) is 0 Å². The van der Waals surface area contributed by atoms with Crippen LogP contribution in [0.15, 0.2) is 35.7 Å². The zero-order chi connectivity index (χ0) is 39.4. The fourth-order valence-corrected chi connectivity index (χ4v) is 11.1. The van der Waals surface area contributed by atoms with Crippen molar-refractivity contribution in [1.82, 2.24) is 29.5 Å². The summed E-state index contributed by atoms with van der Waals surface area (Å²) >= 11 is 1.64. The smallest absolute Gasteiger partial charge is 0.297 e. The molecular formula is C41H55N7O6S2. The highest BCUT2D eigenvalue weighted by atomic mass is 32.2. The Morgan fingerprint density at radius 1 is 1.07 bits per heavy atom. The van der Waals surface area contributed by atoms with Crippen LogP contribution in [0.25, 0.3) is 21.6 Å². The first kappa shape index (κ1) is 39.0. The Bertz CT molecular complexity index is 2140. The second-order valence-corrected chi connectivity index (χ2v) is 20.3. The summed E-state index contributed by atoms with van der Waals surface area (Å²) in [7, 11) is -3.94. The first-order chi connectivity index (χ1) is 26.8. The van der Waals surface area contributed by atoms with E-state index in [0.29, 0.717) is 31.2 Å². The monoisotopic (exact) mass is 805 g/mol. The Labute approximate surface area is 333 Å². The molecule has 13 nitrogen and oxygen atoms in total. The Balaban J connectivity index is 1.08. The number of allylic oxidation sites excluding steroid dienone is 1. The maximum Gasteiger partial charge on any atom is 0.297 e. The average molecular weight is 806 g/mol. The number of amides is 3. The van der Waals surface area contributed by atoms with Crippen molar-refractivity contribution in [2.45, 2.75) is 151 Å². The van der Waals surface area contributed by atoms with Gasteiger partial charge in [0.25, 0.3) is 11.9 Å². The van der Waals surface area contributed by atoms with E-state index < -0.39 is 50.3 Å². The number of nitrogens with zero attached hydrogens (tertiary/aromatic N) is 4. The minimum absolute atomic E-state index is 0.0167. The third-order valence-electron chi connectivity index (χ3n) is 12.8. The molecule has 56 heavy (non-hydrogen) atoms.